The van der Waals surface area contributed by atoms with Crippen LogP contribution in [-0.2, 0) is 21.4 Å². The van der Waals surface area contributed by atoms with Gasteiger partial charge in [0, 0.05) is 13.1 Å². The minimum absolute atomic E-state index is 0.00973. The van der Waals surface area contributed by atoms with Gasteiger partial charge in [0.1, 0.15) is 0 Å². The topological polar surface area (TPSA) is 107 Å². The van der Waals surface area contributed by atoms with Crippen LogP contribution in [0.5, 0.6) is 0 Å². The molecule has 0 spiro atoms. The number of thioether (sulfide) groups is 1. The summed E-state index contributed by atoms with van der Waals surface area (Å²) in [5.74, 6) is 0.599. The van der Waals surface area contributed by atoms with Gasteiger partial charge in [0.25, 0.3) is 0 Å². The Hall–Kier alpha value is -1.58. The normalized spacial score (nSPS) is 17.0. The Morgan fingerprint density at radius 3 is 2.71 bits per heavy atom. The molecule has 0 bridgehead atoms. The molecule has 0 radical (unpaired) electrons. The number of carbonyl (C=O) groups is 1. The predicted octanol–water partition coefficient (Wildman–Crippen LogP) is 2.88. The highest BCUT2D eigenvalue weighted by molar-refractivity contribution is 8.00. The van der Waals surface area contributed by atoms with Gasteiger partial charge in [-0.05, 0) is 50.8 Å². The van der Waals surface area contributed by atoms with E-state index < -0.39 is 10.0 Å². The van der Waals surface area contributed by atoms with Crippen LogP contribution in [0.2, 0.25) is 0 Å². The van der Waals surface area contributed by atoms with Crippen molar-refractivity contribution in [2.75, 3.05) is 6.54 Å². The fraction of sp³-hybridized carbons (Fsp3) is 0.579. The molecule has 1 atom stereocenters. The lowest BCUT2D eigenvalue weighted by Gasteiger charge is -2.22. The van der Waals surface area contributed by atoms with E-state index in [1.807, 2.05) is 18.4 Å². The zero-order chi connectivity index (χ0) is 20.3. The van der Waals surface area contributed by atoms with Gasteiger partial charge in [-0.2, -0.15) is 0 Å². The van der Waals surface area contributed by atoms with Crippen LogP contribution < -0.4 is 10.5 Å². The Morgan fingerprint density at radius 2 is 2.07 bits per heavy atom. The van der Waals surface area contributed by atoms with Crippen LogP contribution in [0.4, 0.5) is 0 Å². The molecule has 1 aromatic heterocycles. The first-order valence-electron chi connectivity index (χ1n) is 9.77. The van der Waals surface area contributed by atoms with E-state index >= 15 is 0 Å². The summed E-state index contributed by atoms with van der Waals surface area (Å²) < 4.78 is 25.2. The molecule has 3 rings (SSSR count). The van der Waals surface area contributed by atoms with Crippen LogP contribution in [0.1, 0.15) is 46.0 Å². The van der Waals surface area contributed by atoms with Crippen LogP contribution in [0, 0.1) is 5.92 Å². The Labute approximate surface area is 170 Å². The van der Waals surface area contributed by atoms with Crippen molar-refractivity contribution in [2.24, 2.45) is 11.1 Å². The second-order valence-corrected chi connectivity index (χ2v) is 10.2. The first kappa shape index (κ1) is 21.1. The Kier molecular flexibility index (Phi) is 6.67. The third-order valence-electron chi connectivity index (χ3n) is 5.27. The van der Waals surface area contributed by atoms with Crippen molar-refractivity contribution in [3.05, 3.63) is 18.2 Å². The minimum atomic E-state index is -3.78. The number of aryl methyl sites for hydroxylation is 1. The highest BCUT2D eigenvalue weighted by Gasteiger charge is 2.21. The Balaban J connectivity index is 1.72. The number of nitrogens with one attached hydrogen (secondary N) is 1. The molecule has 0 aliphatic heterocycles. The quantitative estimate of drug-likeness (QED) is 0.665. The smallest absolute Gasteiger partial charge is 0.238 e. The molecule has 0 unspecified atom stereocenters. The third kappa shape index (κ3) is 4.87. The van der Waals surface area contributed by atoms with E-state index in [0.29, 0.717) is 23.1 Å². The Bertz CT molecular complexity index is 949. The lowest BCUT2D eigenvalue weighted by Crippen LogP contribution is -2.35. The van der Waals surface area contributed by atoms with Crippen LogP contribution in [0.25, 0.3) is 11.0 Å². The first-order valence-corrected chi connectivity index (χ1v) is 12.2. The molecule has 1 amide bonds. The number of carbonyl (C=O) groups excluding carboxylic acids is 1. The van der Waals surface area contributed by atoms with E-state index in [9.17, 15) is 13.2 Å². The van der Waals surface area contributed by atoms with E-state index in [2.05, 4.69) is 10.3 Å². The number of fused-ring (bicyclic) bond motifs is 1. The molecular formula is C19H28N4O3S2. The first-order chi connectivity index (χ1) is 13.3. The van der Waals surface area contributed by atoms with E-state index in [1.165, 1.54) is 56.0 Å². The number of hydrogen-bond donors (Lipinski definition) is 2. The van der Waals surface area contributed by atoms with Crippen molar-refractivity contribution < 1.29 is 13.2 Å². The van der Waals surface area contributed by atoms with Crippen LogP contribution in [0.15, 0.2) is 28.3 Å². The standard InChI is InChI=1S/C19H28N4O3S2/c1-3-23-17-10-9-15(28(20,25)26)11-16(17)22-19(23)27-13(2)18(24)21-12-14-7-5-4-6-8-14/h9-11,13-14H,3-8,12H2,1-2H3,(H,21,24)(H2,20,25,26)/t13-/m1/s1. The number of imidazole rings is 1. The summed E-state index contributed by atoms with van der Waals surface area (Å²) in [6, 6.07) is 4.68. The van der Waals surface area contributed by atoms with Gasteiger partial charge in [-0.25, -0.2) is 18.5 Å². The average Bonchev–Trinajstić information content (AvgIpc) is 3.02. The number of benzene rings is 1. The van der Waals surface area contributed by atoms with Gasteiger partial charge in [-0.15, -0.1) is 0 Å². The molecular weight excluding hydrogens is 396 g/mol. The molecule has 7 nitrogen and oxygen atoms in total. The predicted molar refractivity (Wildman–Crippen MR) is 112 cm³/mol. The molecule has 154 valence electrons. The third-order valence-corrected chi connectivity index (χ3v) is 7.27. The number of sulfonamides is 1. The highest BCUT2D eigenvalue weighted by atomic mass is 32.2. The second kappa shape index (κ2) is 8.84. The summed E-state index contributed by atoms with van der Waals surface area (Å²) in [5, 5.41) is 8.71. The van der Waals surface area contributed by atoms with Crippen molar-refractivity contribution in [1.82, 2.24) is 14.9 Å². The van der Waals surface area contributed by atoms with Crippen LogP contribution in [0.3, 0.4) is 0 Å². The molecule has 0 saturated heterocycles. The number of hydrogen-bond acceptors (Lipinski definition) is 5. The fourth-order valence-corrected chi connectivity index (χ4v) is 5.20. The average molecular weight is 425 g/mol. The molecule has 1 aliphatic carbocycles. The number of primary sulfonamides is 1. The summed E-state index contributed by atoms with van der Waals surface area (Å²) in [5.41, 5.74) is 1.39. The highest BCUT2D eigenvalue weighted by Crippen LogP contribution is 2.29. The zero-order valence-electron chi connectivity index (χ0n) is 16.3. The van der Waals surface area contributed by atoms with Gasteiger partial charge in [0.05, 0.1) is 21.2 Å². The number of aromatic nitrogens is 2. The molecule has 9 heteroatoms. The summed E-state index contributed by atoms with van der Waals surface area (Å²) in [6.45, 7) is 5.28. The van der Waals surface area contributed by atoms with Gasteiger partial charge >= 0.3 is 0 Å². The number of nitrogens with zero attached hydrogens (tertiary/aromatic N) is 2. The number of rotatable bonds is 7. The minimum Gasteiger partial charge on any atom is -0.355 e. The number of nitrogens with two attached hydrogens (primary N) is 1. The van der Waals surface area contributed by atoms with Gasteiger partial charge in [0.15, 0.2) is 5.16 Å². The summed E-state index contributed by atoms with van der Waals surface area (Å²) in [4.78, 5) is 17.1. The summed E-state index contributed by atoms with van der Waals surface area (Å²) in [7, 11) is -3.78. The molecule has 2 aromatic rings. The lowest BCUT2D eigenvalue weighted by atomic mass is 9.89. The van der Waals surface area contributed by atoms with Crippen molar-refractivity contribution in [3.8, 4) is 0 Å². The van der Waals surface area contributed by atoms with Crippen molar-refractivity contribution >= 4 is 38.7 Å². The maximum absolute atomic E-state index is 12.5. The molecule has 28 heavy (non-hydrogen) atoms. The molecule has 3 N–H and O–H groups in total. The largest absolute Gasteiger partial charge is 0.355 e. The summed E-state index contributed by atoms with van der Waals surface area (Å²) >= 11 is 1.39. The monoisotopic (exact) mass is 424 g/mol. The van der Waals surface area contributed by atoms with E-state index in [1.54, 1.807) is 6.07 Å². The van der Waals surface area contributed by atoms with Gasteiger partial charge in [-0.1, -0.05) is 31.0 Å². The van der Waals surface area contributed by atoms with E-state index in [0.717, 1.165) is 12.1 Å². The SMILES string of the molecule is CCn1c(S[C@H](C)C(=O)NCC2CCCCC2)nc2cc(S(N)(=O)=O)ccc21. The molecule has 1 heterocycles. The fourth-order valence-electron chi connectivity index (χ4n) is 3.65. The van der Waals surface area contributed by atoms with Crippen molar-refractivity contribution in [3.63, 3.8) is 0 Å². The van der Waals surface area contributed by atoms with Crippen LogP contribution >= 0.6 is 11.8 Å². The summed E-state index contributed by atoms with van der Waals surface area (Å²) in [6.07, 6.45) is 6.20. The molecule has 1 aromatic carbocycles. The lowest BCUT2D eigenvalue weighted by molar-refractivity contribution is -0.120. The van der Waals surface area contributed by atoms with E-state index in [4.69, 9.17) is 5.14 Å². The maximum Gasteiger partial charge on any atom is 0.238 e. The molecule has 1 aliphatic rings. The second-order valence-electron chi connectivity index (χ2n) is 7.34. The molecule has 1 fully saturated rings. The van der Waals surface area contributed by atoms with Crippen molar-refractivity contribution in [2.45, 2.75) is 67.8 Å². The zero-order valence-corrected chi connectivity index (χ0v) is 18.0. The Morgan fingerprint density at radius 1 is 1.36 bits per heavy atom. The van der Waals surface area contributed by atoms with Crippen LogP contribution in [-0.4, -0.2) is 35.7 Å². The maximum atomic E-state index is 12.5. The van der Waals surface area contributed by atoms with Gasteiger partial charge in [-0.3, -0.25) is 4.79 Å². The van der Waals surface area contributed by atoms with Crippen molar-refractivity contribution in [1.29, 1.82) is 0 Å². The van der Waals surface area contributed by atoms with E-state index in [-0.39, 0.29) is 16.1 Å². The van der Waals surface area contributed by atoms with Gasteiger partial charge in [0.2, 0.25) is 15.9 Å². The molecule has 1 saturated carbocycles. The number of amides is 1. The van der Waals surface area contributed by atoms with Gasteiger partial charge < -0.3 is 9.88 Å².